The van der Waals surface area contributed by atoms with Crippen molar-refractivity contribution < 1.29 is 4.79 Å². The molecule has 0 aromatic carbocycles. The molecule has 14 heavy (non-hydrogen) atoms. The van der Waals surface area contributed by atoms with Gasteiger partial charge in [0.1, 0.15) is 0 Å². The Bertz CT molecular complexity index is 210. The highest BCUT2D eigenvalue weighted by Gasteiger charge is 2.09. The summed E-state index contributed by atoms with van der Waals surface area (Å²) < 4.78 is 0. The van der Waals surface area contributed by atoms with Crippen LogP contribution in [-0.2, 0) is 4.79 Å². The van der Waals surface area contributed by atoms with Crippen LogP contribution in [0.2, 0.25) is 0 Å². The summed E-state index contributed by atoms with van der Waals surface area (Å²) >= 11 is 0. The number of likely N-dealkylation sites (N-methyl/N-ethyl adjacent to an activating group) is 1. The normalized spacial score (nSPS) is 11.9. The van der Waals surface area contributed by atoms with Gasteiger partial charge in [-0.3, -0.25) is 4.79 Å². The highest BCUT2D eigenvalue weighted by molar-refractivity contribution is 5.77. The van der Waals surface area contributed by atoms with Gasteiger partial charge in [-0.05, 0) is 13.3 Å². The molecule has 0 radical (unpaired) electrons. The van der Waals surface area contributed by atoms with Gasteiger partial charge in [0, 0.05) is 19.6 Å². The molecule has 0 fully saturated rings. The lowest BCUT2D eigenvalue weighted by Gasteiger charge is -2.17. The molecular formula is C10H19N3O. The average Bonchev–Trinajstić information content (AvgIpc) is 2.22. The third kappa shape index (κ3) is 4.83. The predicted octanol–water partition coefficient (Wildman–Crippen LogP) is 0.747. The molecule has 0 rings (SSSR count). The summed E-state index contributed by atoms with van der Waals surface area (Å²) in [5.74, 6) is 0.0730. The number of rotatable bonds is 6. The number of nitrogens with one attached hydrogen (secondary N) is 1. The fourth-order valence-electron chi connectivity index (χ4n) is 1.01. The van der Waals surface area contributed by atoms with E-state index in [9.17, 15) is 4.79 Å². The molecule has 1 atom stereocenters. The Balaban J connectivity index is 3.80. The zero-order valence-corrected chi connectivity index (χ0v) is 9.21. The van der Waals surface area contributed by atoms with Crippen molar-refractivity contribution in [2.75, 3.05) is 20.1 Å². The quantitative estimate of drug-likeness (QED) is 0.683. The van der Waals surface area contributed by atoms with Crippen molar-refractivity contribution in [1.82, 2.24) is 10.2 Å². The van der Waals surface area contributed by atoms with Crippen molar-refractivity contribution in [3.8, 4) is 6.07 Å². The number of amides is 1. The lowest BCUT2D eigenvalue weighted by atomic mass is 10.2. The maximum atomic E-state index is 11.4. The van der Waals surface area contributed by atoms with Crippen LogP contribution in [0.1, 0.15) is 26.7 Å². The number of carbonyl (C=O) groups is 1. The minimum atomic E-state index is 0.0730. The van der Waals surface area contributed by atoms with E-state index >= 15 is 0 Å². The topological polar surface area (TPSA) is 56.1 Å². The van der Waals surface area contributed by atoms with Gasteiger partial charge in [-0.2, -0.15) is 5.26 Å². The van der Waals surface area contributed by atoms with E-state index in [2.05, 4.69) is 11.4 Å². The summed E-state index contributed by atoms with van der Waals surface area (Å²) in [6.07, 6.45) is 1.33. The summed E-state index contributed by atoms with van der Waals surface area (Å²) in [5.41, 5.74) is 0. The zero-order chi connectivity index (χ0) is 11.0. The second kappa shape index (κ2) is 7.34. The molecule has 0 aliphatic carbocycles. The maximum Gasteiger partial charge on any atom is 0.236 e. The van der Waals surface area contributed by atoms with E-state index in [1.54, 1.807) is 11.9 Å². The monoisotopic (exact) mass is 197 g/mol. The number of carbonyl (C=O) groups excluding carboxylic acids is 1. The standard InChI is InChI=1S/C10H19N3O/c1-4-9(6-7-11)12-8-10(14)13(3)5-2/h9,12H,4-6,8H2,1-3H3. The SMILES string of the molecule is CCC(CC#N)NCC(=O)N(C)CC. The van der Waals surface area contributed by atoms with Crippen LogP contribution in [0, 0.1) is 11.3 Å². The van der Waals surface area contributed by atoms with Gasteiger partial charge >= 0.3 is 0 Å². The van der Waals surface area contributed by atoms with Crippen LogP contribution in [0.15, 0.2) is 0 Å². The summed E-state index contributed by atoms with van der Waals surface area (Å²) in [4.78, 5) is 13.0. The van der Waals surface area contributed by atoms with Gasteiger partial charge in [0.2, 0.25) is 5.91 Å². The van der Waals surface area contributed by atoms with E-state index in [0.717, 1.165) is 13.0 Å². The molecule has 80 valence electrons. The van der Waals surface area contributed by atoms with E-state index in [1.807, 2.05) is 13.8 Å². The molecule has 0 aliphatic heterocycles. The largest absolute Gasteiger partial charge is 0.345 e. The van der Waals surface area contributed by atoms with Gasteiger partial charge in [0.15, 0.2) is 0 Å². The van der Waals surface area contributed by atoms with E-state index < -0.39 is 0 Å². The van der Waals surface area contributed by atoms with Crippen LogP contribution in [-0.4, -0.2) is 37.0 Å². The minimum absolute atomic E-state index is 0.0730. The van der Waals surface area contributed by atoms with E-state index in [1.165, 1.54) is 0 Å². The predicted molar refractivity (Wildman–Crippen MR) is 55.6 cm³/mol. The van der Waals surface area contributed by atoms with E-state index in [-0.39, 0.29) is 11.9 Å². The molecule has 1 amide bonds. The number of nitrogens with zero attached hydrogens (tertiary/aromatic N) is 2. The first kappa shape index (κ1) is 12.9. The van der Waals surface area contributed by atoms with Gasteiger partial charge in [0.05, 0.1) is 19.0 Å². The molecule has 0 saturated carbocycles. The third-order valence-electron chi connectivity index (χ3n) is 2.27. The van der Waals surface area contributed by atoms with Crippen molar-refractivity contribution in [2.24, 2.45) is 0 Å². The van der Waals surface area contributed by atoms with Crippen molar-refractivity contribution in [2.45, 2.75) is 32.7 Å². The Morgan fingerprint density at radius 2 is 2.21 bits per heavy atom. The van der Waals surface area contributed by atoms with Gasteiger partial charge in [-0.1, -0.05) is 6.92 Å². The fraction of sp³-hybridized carbons (Fsp3) is 0.800. The van der Waals surface area contributed by atoms with Gasteiger partial charge in [-0.15, -0.1) is 0 Å². The summed E-state index contributed by atoms with van der Waals surface area (Å²) in [5, 5.41) is 11.6. The second-order valence-corrected chi connectivity index (χ2v) is 3.26. The minimum Gasteiger partial charge on any atom is -0.345 e. The zero-order valence-electron chi connectivity index (χ0n) is 9.21. The molecule has 4 nitrogen and oxygen atoms in total. The fourth-order valence-corrected chi connectivity index (χ4v) is 1.01. The summed E-state index contributed by atoms with van der Waals surface area (Å²) in [6, 6.07) is 2.23. The summed E-state index contributed by atoms with van der Waals surface area (Å²) in [7, 11) is 1.77. The lowest BCUT2D eigenvalue weighted by molar-refractivity contribution is -0.128. The van der Waals surface area contributed by atoms with Gasteiger partial charge < -0.3 is 10.2 Å². The second-order valence-electron chi connectivity index (χ2n) is 3.26. The highest BCUT2D eigenvalue weighted by Crippen LogP contribution is 1.95. The third-order valence-corrected chi connectivity index (χ3v) is 2.27. The van der Waals surface area contributed by atoms with Crippen LogP contribution < -0.4 is 5.32 Å². The highest BCUT2D eigenvalue weighted by atomic mass is 16.2. The molecule has 4 heteroatoms. The van der Waals surface area contributed by atoms with Gasteiger partial charge in [0.25, 0.3) is 0 Å². The van der Waals surface area contributed by atoms with Crippen LogP contribution in [0.5, 0.6) is 0 Å². The van der Waals surface area contributed by atoms with E-state index in [4.69, 9.17) is 5.26 Å². The molecular weight excluding hydrogens is 178 g/mol. The van der Waals surface area contributed by atoms with Crippen LogP contribution >= 0.6 is 0 Å². The van der Waals surface area contributed by atoms with E-state index in [0.29, 0.717) is 13.0 Å². The molecule has 0 spiro atoms. The Kier molecular flexibility index (Phi) is 6.77. The van der Waals surface area contributed by atoms with Crippen LogP contribution in [0.3, 0.4) is 0 Å². The molecule has 0 bridgehead atoms. The first-order valence-electron chi connectivity index (χ1n) is 4.99. The molecule has 0 saturated heterocycles. The molecule has 1 unspecified atom stereocenters. The number of hydrogen-bond donors (Lipinski definition) is 1. The average molecular weight is 197 g/mol. The summed E-state index contributed by atoms with van der Waals surface area (Å²) in [6.45, 7) is 4.98. The molecule has 0 aromatic heterocycles. The Morgan fingerprint density at radius 1 is 1.57 bits per heavy atom. The van der Waals surface area contributed by atoms with Crippen molar-refractivity contribution in [1.29, 1.82) is 5.26 Å². The van der Waals surface area contributed by atoms with Crippen molar-refractivity contribution in [3.05, 3.63) is 0 Å². The van der Waals surface area contributed by atoms with Crippen molar-refractivity contribution >= 4 is 5.91 Å². The molecule has 0 aliphatic rings. The maximum absolute atomic E-state index is 11.4. The van der Waals surface area contributed by atoms with Gasteiger partial charge in [-0.25, -0.2) is 0 Å². The smallest absolute Gasteiger partial charge is 0.236 e. The molecule has 0 aromatic rings. The molecule has 0 heterocycles. The Hall–Kier alpha value is -1.08. The van der Waals surface area contributed by atoms with Crippen molar-refractivity contribution in [3.63, 3.8) is 0 Å². The van der Waals surface area contributed by atoms with Crippen LogP contribution in [0.4, 0.5) is 0 Å². The molecule has 1 N–H and O–H groups in total. The van der Waals surface area contributed by atoms with Crippen LogP contribution in [0.25, 0.3) is 0 Å². The Labute approximate surface area is 85.9 Å². The number of nitriles is 1. The first-order valence-corrected chi connectivity index (χ1v) is 4.99. The Morgan fingerprint density at radius 3 is 2.64 bits per heavy atom. The lowest BCUT2D eigenvalue weighted by Crippen LogP contribution is -2.39. The first-order chi connectivity index (χ1) is 6.65. The number of hydrogen-bond acceptors (Lipinski definition) is 3.